The van der Waals surface area contributed by atoms with Gasteiger partial charge in [-0.1, -0.05) is 20.8 Å². The van der Waals surface area contributed by atoms with Crippen molar-refractivity contribution in [2.75, 3.05) is 12.3 Å². The molecule has 0 unspecified atom stereocenters. The SMILES string of the molecule is CC(C)(C)SCCNC(=O)c1ccc(F)cc1. The molecule has 1 rings (SSSR count). The summed E-state index contributed by atoms with van der Waals surface area (Å²) in [5, 5.41) is 2.81. The van der Waals surface area contributed by atoms with Crippen LogP contribution in [0.4, 0.5) is 4.39 Å². The molecule has 0 saturated carbocycles. The van der Waals surface area contributed by atoms with Crippen molar-refractivity contribution >= 4 is 17.7 Å². The molecular formula is C13H18FNOS. The van der Waals surface area contributed by atoms with Crippen molar-refractivity contribution in [1.29, 1.82) is 0 Å². The van der Waals surface area contributed by atoms with Gasteiger partial charge in [-0.25, -0.2) is 4.39 Å². The molecule has 0 aliphatic rings. The van der Waals surface area contributed by atoms with Crippen LogP contribution < -0.4 is 5.32 Å². The number of amides is 1. The van der Waals surface area contributed by atoms with Crippen LogP contribution in [0.25, 0.3) is 0 Å². The summed E-state index contributed by atoms with van der Waals surface area (Å²) < 4.78 is 12.9. The quantitative estimate of drug-likeness (QED) is 0.838. The van der Waals surface area contributed by atoms with Crippen LogP contribution in [0, 0.1) is 5.82 Å². The minimum absolute atomic E-state index is 0.153. The average Bonchev–Trinajstić information content (AvgIpc) is 2.24. The highest BCUT2D eigenvalue weighted by Gasteiger charge is 2.10. The Balaban J connectivity index is 2.33. The predicted octanol–water partition coefficient (Wildman–Crippen LogP) is 3.09. The summed E-state index contributed by atoms with van der Waals surface area (Å²) in [5.74, 6) is 0.389. The molecule has 0 aromatic heterocycles. The minimum Gasteiger partial charge on any atom is -0.351 e. The van der Waals surface area contributed by atoms with Gasteiger partial charge in [0.15, 0.2) is 0 Å². The fourth-order valence-corrected chi connectivity index (χ4v) is 2.04. The minimum atomic E-state index is -0.329. The fraction of sp³-hybridized carbons (Fsp3) is 0.462. The third-order valence-electron chi connectivity index (χ3n) is 2.03. The van der Waals surface area contributed by atoms with Gasteiger partial charge in [-0.15, -0.1) is 0 Å². The molecule has 1 aromatic rings. The molecule has 94 valence electrons. The summed E-state index contributed by atoms with van der Waals surface area (Å²) in [6, 6.07) is 5.56. The average molecular weight is 255 g/mol. The monoisotopic (exact) mass is 255 g/mol. The summed E-state index contributed by atoms with van der Waals surface area (Å²) in [6.45, 7) is 7.04. The lowest BCUT2D eigenvalue weighted by Gasteiger charge is -2.17. The van der Waals surface area contributed by atoms with E-state index >= 15 is 0 Å². The number of rotatable bonds is 4. The van der Waals surface area contributed by atoms with Gasteiger partial charge in [-0.2, -0.15) is 11.8 Å². The molecule has 17 heavy (non-hydrogen) atoms. The Bertz CT molecular complexity index is 370. The Morgan fingerprint density at radius 3 is 2.41 bits per heavy atom. The maximum atomic E-state index is 12.7. The number of nitrogens with one attached hydrogen (secondary N) is 1. The lowest BCUT2D eigenvalue weighted by molar-refractivity contribution is 0.0956. The van der Waals surface area contributed by atoms with Crippen molar-refractivity contribution in [3.05, 3.63) is 35.6 Å². The Morgan fingerprint density at radius 1 is 1.29 bits per heavy atom. The zero-order valence-electron chi connectivity index (χ0n) is 10.4. The summed E-state index contributed by atoms with van der Waals surface area (Å²) in [5.41, 5.74) is 0.493. The van der Waals surface area contributed by atoms with Crippen LogP contribution in [-0.4, -0.2) is 23.0 Å². The van der Waals surface area contributed by atoms with E-state index in [0.717, 1.165) is 5.75 Å². The largest absolute Gasteiger partial charge is 0.351 e. The standard InChI is InChI=1S/C13H18FNOS/c1-13(2,3)17-9-8-15-12(16)10-4-6-11(14)7-5-10/h4-7H,8-9H2,1-3H3,(H,15,16). The van der Waals surface area contributed by atoms with Crippen LogP contribution in [0.2, 0.25) is 0 Å². The van der Waals surface area contributed by atoms with Crippen molar-refractivity contribution in [1.82, 2.24) is 5.32 Å². The molecule has 1 N–H and O–H groups in total. The van der Waals surface area contributed by atoms with Gasteiger partial charge >= 0.3 is 0 Å². The van der Waals surface area contributed by atoms with Gasteiger partial charge in [0.25, 0.3) is 5.91 Å². The van der Waals surface area contributed by atoms with Crippen LogP contribution >= 0.6 is 11.8 Å². The Kier molecular flexibility index (Phi) is 5.00. The van der Waals surface area contributed by atoms with E-state index in [1.165, 1.54) is 24.3 Å². The second kappa shape index (κ2) is 6.05. The first kappa shape index (κ1) is 14.0. The van der Waals surface area contributed by atoms with Gasteiger partial charge in [0.1, 0.15) is 5.82 Å². The molecule has 0 spiro atoms. The second-order valence-corrected chi connectivity index (χ2v) is 6.65. The maximum absolute atomic E-state index is 12.7. The van der Waals surface area contributed by atoms with Crippen LogP contribution in [-0.2, 0) is 0 Å². The van der Waals surface area contributed by atoms with Crippen molar-refractivity contribution in [3.8, 4) is 0 Å². The molecule has 1 aromatic carbocycles. The van der Waals surface area contributed by atoms with Crippen LogP contribution in [0.5, 0.6) is 0 Å². The number of halogens is 1. The molecule has 0 bridgehead atoms. The van der Waals surface area contributed by atoms with E-state index in [0.29, 0.717) is 12.1 Å². The Labute approximate surface area is 106 Å². The molecule has 1 amide bonds. The normalized spacial score (nSPS) is 11.3. The molecule has 0 heterocycles. The maximum Gasteiger partial charge on any atom is 0.251 e. The van der Waals surface area contributed by atoms with Gasteiger partial charge < -0.3 is 5.32 Å². The van der Waals surface area contributed by atoms with E-state index in [4.69, 9.17) is 0 Å². The lowest BCUT2D eigenvalue weighted by Crippen LogP contribution is -2.26. The molecular weight excluding hydrogens is 237 g/mol. The first-order chi connectivity index (χ1) is 7.88. The Hall–Kier alpha value is -1.03. The topological polar surface area (TPSA) is 29.1 Å². The third kappa shape index (κ3) is 5.73. The number of benzene rings is 1. The summed E-state index contributed by atoms with van der Waals surface area (Å²) in [7, 11) is 0. The van der Waals surface area contributed by atoms with Crippen LogP contribution in [0.3, 0.4) is 0 Å². The van der Waals surface area contributed by atoms with Gasteiger partial charge in [0.2, 0.25) is 0 Å². The lowest BCUT2D eigenvalue weighted by atomic mass is 10.2. The van der Waals surface area contributed by atoms with Crippen molar-refractivity contribution in [2.24, 2.45) is 0 Å². The van der Waals surface area contributed by atoms with E-state index < -0.39 is 0 Å². The van der Waals surface area contributed by atoms with E-state index in [1.54, 1.807) is 11.8 Å². The molecule has 0 aliphatic carbocycles. The zero-order valence-corrected chi connectivity index (χ0v) is 11.2. The third-order valence-corrected chi connectivity index (χ3v) is 3.30. The van der Waals surface area contributed by atoms with Gasteiger partial charge in [0.05, 0.1) is 0 Å². The molecule has 2 nitrogen and oxygen atoms in total. The van der Waals surface area contributed by atoms with Gasteiger partial charge in [-0.3, -0.25) is 4.79 Å². The number of carbonyl (C=O) groups excluding carboxylic acids is 1. The molecule has 0 radical (unpaired) electrons. The van der Waals surface area contributed by atoms with Crippen LogP contribution in [0.1, 0.15) is 31.1 Å². The number of carbonyl (C=O) groups is 1. The first-order valence-electron chi connectivity index (χ1n) is 5.56. The molecule has 0 fully saturated rings. The van der Waals surface area contributed by atoms with Gasteiger partial charge in [-0.05, 0) is 24.3 Å². The highest BCUT2D eigenvalue weighted by atomic mass is 32.2. The number of hydrogen-bond donors (Lipinski definition) is 1. The number of thioether (sulfide) groups is 1. The summed E-state index contributed by atoms with van der Waals surface area (Å²) in [4.78, 5) is 11.6. The van der Waals surface area contributed by atoms with E-state index in [-0.39, 0.29) is 16.5 Å². The first-order valence-corrected chi connectivity index (χ1v) is 6.55. The van der Waals surface area contributed by atoms with Crippen molar-refractivity contribution in [3.63, 3.8) is 0 Å². The second-order valence-electron chi connectivity index (χ2n) is 4.72. The molecule has 0 atom stereocenters. The highest BCUT2D eigenvalue weighted by molar-refractivity contribution is 8.00. The zero-order chi connectivity index (χ0) is 12.9. The Morgan fingerprint density at radius 2 is 1.88 bits per heavy atom. The van der Waals surface area contributed by atoms with E-state index in [2.05, 4.69) is 26.1 Å². The van der Waals surface area contributed by atoms with Crippen molar-refractivity contribution in [2.45, 2.75) is 25.5 Å². The summed E-state index contributed by atoms with van der Waals surface area (Å²) in [6.07, 6.45) is 0. The fourth-order valence-electron chi connectivity index (χ4n) is 1.23. The van der Waals surface area contributed by atoms with Crippen molar-refractivity contribution < 1.29 is 9.18 Å². The van der Waals surface area contributed by atoms with Crippen LogP contribution in [0.15, 0.2) is 24.3 Å². The van der Waals surface area contributed by atoms with E-state index in [1.807, 2.05) is 0 Å². The smallest absolute Gasteiger partial charge is 0.251 e. The molecule has 0 aliphatic heterocycles. The molecule has 0 saturated heterocycles. The molecule has 4 heteroatoms. The predicted molar refractivity (Wildman–Crippen MR) is 70.9 cm³/mol. The van der Waals surface area contributed by atoms with E-state index in [9.17, 15) is 9.18 Å². The number of hydrogen-bond acceptors (Lipinski definition) is 2. The van der Waals surface area contributed by atoms with Gasteiger partial charge in [0, 0.05) is 22.6 Å². The highest BCUT2D eigenvalue weighted by Crippen LogP contribution is 2.22. The summed E-state index contributed by atoms with van der Waals surface area (Å²) >= 11 is 1.80.